The van der Waals surface area contributed by atoms with Gasteiger partial charge in [0.15, 0.2) is 11.6 Å². The van der Waals surface area contributed by atoms with Gasteiger partial charge < -0.3 is 5.73 Å². The van der Waals surface area contributed by atoms with Crippen molar-refractivity contribution in [3.05, 3.63) is 29.8 Å². The summed E-state index contributed by atoms with van der Waals surface area (Å²) in [4.78, 5) is 11.6. The molecule has 1 rings (SSSR count). The van der Waals surface area contributed by atoms with Gasteiger partial charge in [-0.3, -0.25) is 4.90 Å². The number of primary amides is 1. The summed E-state index contributed by atoms with van der Waals surface area (Å²) in [5, 5.41) is 0. The molecule has 5 heteroatoms. The summed E-state index contributed by atoms with van der Waals surface area (Å²) in [7, 11) is 1.37. The smallest absolute Gasteiger partial charge is 0.318 e. The molecular weight excluding hydrogens is 178 g/mol. The molecule has 2 amide bonds. The van der Waals surface area contributed by atoms with Crippen LogP contribution >= 0.6 is 0 Å². The van der Waals surface area contributed by atoms with Crippen LogP contribution in [-0.4, -0.2) is 13.1 Å². The number of nitrogens with zero attached hydrogens (tertiary/aromatic N) is 1. The Labute approximate surface area is 73.8 Å². The van der Waals surface area contributed by atoms with Crippen LogP contribution in [-0.2, 0) is 0 Å². The van der Waals surface area contributed by atoms with Gasteiger partial charge in [-0.05, 0) is 12.1 Å². The second-order valence-electron chi connectivity index (χ2n) is 2.50. The molecule has 3 nitrogen and oxygen atoms in total. The third-order valence-corrected chi connectivity index (χ3v) is 1.62. The Morgan fingerprint density at radius 1 is 1.38 bits per heavy atom. The molecule has 0 unspecified atom stereocenters. The molecule has 0 atom stereocenters. The highest BCUT2D eigenvalue weighted by Crippen LogP contribution is 2.16. The highest BCUT2D eigenvalue weighted by Gasteiger charge is 2.09. The Morgan fingerprint density at radius 2 is 2.00 bits per heavy atom. The van der Waals surface area contributed by atoms with Crippen molar-refractivity contribution < 1.29 is 13.6 Å². The fraction of sp³-hybridized carbons (Fsp3) is 0.125. The normalized spacial score (nSPS) is 9.77. The van der Waals surface area contributed by atoms with Crippen molar-refractivity contribution in [2.75, 3.05) is 11.9 Å². The molecule has 0 heterocycles. The molecule has 70 valence electrons. The Morgan fingerprint density at radius 3 is 2.46 bits per heavy atom. The molecule has 0 aliphatic rings. The number of hydrogen-bond acceptors (Lipinski definition) is 1. The first-order chi connectivity index (χ1) is 6.02. The van der Waals surface area contributed by atoms with Gasteiger partial charge in [0.2, 0.25) is 0 Å². The van der Waals surface area contributed by atoms with Crippen LogP contribution in [0.15, 0.2) is 18.2 Å². The topological polar surface area (TPSA) is 46.3 Å². The molecule has 1 aromatic carbocycles. The number of rotatable bonds is 1. The molecule has 1 aromatic rings. The molecule has 0 saturated carbocycles. The van der Waals surface area contributed by atoms with E-state index < -0.39 is 17.7 Å². The van der Waals surface area contributed by atoms with Crippen molar-refractivity contribution >= 4 is 11.7 Å². The molecular formula is C8H8F2N2O. The van der Waals surface area contributed by atoms with Gasteiger partial charge in [-0.15, -0.1) is 0 Å². The van der Waals surface area contributed by atoms with Crippen molar-refractivity contribution in [1.29, 1.82) is 0 Å². The van der Waals surface area contributed by atoms with Crippen molar-refractivity contribution in [1.82, 2.24) is 0 Å². The minimum atomic E-state index is -1.01. The molecule has 0 aromatic heterocycles. The molecule has 13 heavy (non-hydrogen) atoms. The minimum absolute atomic E-state index is 0.214. The maximum atomic E-state index is 12.6. The maximum Gasteiger partial charge on any atom is 0.318 e. The van der Waals surface area contributed by atoms with E-state index in [0.717, 1.165) is 17.0 Å². The summed E-state index contributed by atoms with van der Waals surface area (Å²) in [6, 6.07) is 2.37. The van der Waals surface area contributed by atoms with E-state index in [0.29, 0.717) is 0 Å². The first-order valence-electron chi connectivity index (χ1n) is 3.50. The zero-order valence-electron chi connectivity index (χ0n) is 6.92. The highest BCUT2D eigenvalue weighted by atomic mass is 19.2. The maximum absolute atomic E-state index is 12.6. The average Bonchev–Trinajstić information content (AvgIpc) is 2.08. The third-order valence-electron chi connectivity index (χ3n) is 1.62. The van der Waals surface area contributed by atoms with Crippen LogP contribution in [0, 0.1) is 11.6 Å². The lowest BCUT2D eigenvalue weighted by Gasteiger charge is -2.13. The number of urea groups is 1. The van der Waals surface area contributed by atoms with Gasteiger partial charge in [0.05, 0.1) is 0 Å². The summed E-state index contributed by atoms with van der Waals surface area (Å²) in [6.45, 7) is 0. The van der Waals surface area contributed by atoms with Gasteiger partial charge in [0, 0.05) is 18.8 Å². The van der Waals surface area contributed by atoms with E-state index >= 15 is 0 Å². The first kappa shape index (κ1) is 9.44. The van der Waals surface area contributed by atoms with Crippen LogP contribution in [0.1, 0.15) is 0 Å². The zero-order chi connectivity index (χ0) is 10.0. The number of amides is 2. The summed E-state index contributed by atoms with van der Waals surface area (Å²) < 4.78 is 25.1. The van der Waals surface area contributed by atoms with Crippen LogP contribution < -0.4 is 10.6 Å². The number of anilines is 1. The van der Waals surface area contributed by atoms with E-state index in [-0.39, 0.29) is 5.69 Å². The second kappa shape index (κ2) is 3.38. The van der Waals surface area contributed by atoms with Crippen LogP contribution in [0.2, 0.25) is 0 Å². The monoisotopic (exact) mass is 186 g/mol. The van der Waals surface area contributed by atoms with Gasteiger partial charge in [-0.1, -0.05) is 0 Å². The predicted molar refractivity (Wildman–Crippen MR) is 44.3 cm³/mol. The van der Waals surface area contributed by atoms with Gasteiger partial charge in [0.1, 0.15) is 0 Å². The van der Waals surface area contributed by atoms with Crippen LogP contribution in [0.4, 0.5) is 19.3 Å². The van der Waals surface area contributed by atoms with Crippen molar-refractivity contribution in [2.24, 2.45) is 5.73 Å². The summed E-state index contributed by atoms with van der Waals surface area (Å²) >= 11 is 0. The van der Waals surface area contributed by atoms with Crippen LogP contribution in [0.25, 0.3) is 0 Å². The quantitative estimate of drug-likeness (QED) is 0.709. The van der Waals surface area contributed by atoms with Gasteiger partial charge in [0.25, 0.3) is 0 Å². The average molecular weight is 186 g/mol. The lowest BCUT2D eigenvalue weighted by molar-refractivity contribution is 0.255. The predicted octanol–water partition coefficient (Wildman–Crippen LogP) is 1.48. The van der Waals surface area contributed by atoms with Gasteiger partial charge in [-0.2, -0.15) is 0 Å². The second-order valence-corrected chi connectivity index (χ2v) is 2.50. The lowest BCUT2D eigenvalue weighted by Crippen LogP contribution is -2.31. The summed E-state index contributed by atoms with van der Waals surface area (Å²) in [5.74, 6) is -1.97. The van der Waals surface area contributed by atoms with E-state index in [1.54, 1.807) is 0 Å². The van der Waals surface area contributed by atoms with E-state index in [2.05, 4.69) is 0 Å². The van der Waals surface area contributed by atoms with E-state index in [1.807, 2.05) is 0 Å². The fourth-order valence-electron chi connectivity index (χ4n) is 0.821. The molecule has 0 aliphatic carbocycles. The Hall–Kier alpha value is -1.65. The van der Waals surface area contributed by atoms with Crippen molar-refractivity contribution in [3.8, 4) is 0 Å². The van der Waals surface area contributed by atoms with E-state index in [4.69, 9.17) is 5.73 Å². The third kappa shape index (κ3) is 1.93. The number of benzene rings is 1. The Kier molecular flexibility index (Phi) is 2.46. The Balaban J connectivity index is 3.03. The van der Waals surface area contributed by atoms with E-state index in [9.17, 15) is 13.6 Å². The fourth-order valence-corrected chi connectivity index (χ4v) is 0.821. The largest absolute Gasteiger partial charge is 0.351 e. The molecule has 0 bridgehead atoms. The minimum Gasteiger partial charge on any atom is -0.351 e. The highest BCUT2D eigenvalue weighted by molar-refractivity contribution is 5.89. The summed E-state index contributed by atoms with van der Waals surface area (Å²) in [5.41, 5.74) is 5.14. The first-order valence-corrected chi connectivity index (χ1v) is 3.50. The molecule has 2 N–H and O–H groups in total. The SMILES string of the molecule is CN(C(N)=O)c1ccc(F)c(F)c1. The molecule has 0 fully saturated rings. The number of halogens is 2. The number of carbonyl (C=O) groups excluding carboxylic acids is 1. The lowest BCUT2D eigenvalue weighted by atomic mass is 10.3. The van der Waals surface area contributed by atoms with E-state index in [1.165, 1.54) is 13.1 Å². The van der Waals surface area contributed by atoms with Gasteiger partial charge >= 0.3 is 6.03 Å². The van der Waals surface area contributed by atoms with Crippen LogP contribution in [0.3, 0.4) is 0 Å². The van der Waals surface area contributed by atoms with Crippen LogP contribution in [0.5, 0.6) is 0 Å². The standard InChI is InChI=1S/C8H8F2N2O/c1-12(8(11)13)5-2-3-6(9)7(10)4-5/h2-4H,1H3,(H2,11,13). The number of carbonyl (C=O) groups is 1. The van der Waals surface area contributed by atoms with Gasteiger partial charge in [-0.25, -0.2) is 13.6 Å². The summed E-state index contributed by atoms with van der Waals surface area (Å²) in [6.07, 6.45) is 0. The number of nitrogens with two attached hydrogens (primary N) is 1. The molecule has 0 aliphatic heterocycles. The molecule has 0 saturated heterocycles. The van der Waals surface area contributed by atoms with Crippen molar-refractivity contribution in [2.45, 2.75) is 0 Å². The molecule has 0 radical (unpaired) electrons. The van der Waals surface area contributed by atoms with Crippen molar-refractivity contribution in [3.63, 3.8) is 0 Å². The molecule has 0 spiro atoms. The zero-order valence-corrected chi connectivity index (χ0v) is 6.92. The number of hydrogen-bond donors (Lipinski definition) is 1. The Bertz CT molecular complexity index is 341.